The van der Waals surface area contributed by atoms with E-state index in [1.54, 1.807) is 11.8 Å². The lowest BCUT2D eigenvalue weighted by Gasteiger charge is -2.34. The number of carbonyl (C=O) groups excluding carboxylic acids is 1. The number of carbonyl (C=O) groups is 1. The number of aromatic nitrogens is 3. The summed E-state index contributed by atoms with van der Waals surface area (Å²) in [5, 5.41) is 9.89. The van der Waals surface area contributed by atoms with Crippen LogP contribution in [0.5, 0.6) is 0 Å². The smallest absolute Gasteiger partial charge is 0.236 e. The third-order valence-corrected chi connectivity index (χ3v) is 6.76. The van der Waals surface area contributed by atoms with Gasteiger partial charge in [0.1, 0.15) is 5.82 Å². The summed E-state index contributed by atoms with van der Waals surface area (Å²) >= 11 is 1.72. The van der Waals surface area contributed by atoms with Crippen molar-refractivity contribution in [1.29, 1.82) is 0 Å². The zero-order valence-electron chi connectivity index (χ0n) is 17.0. The first-order valence-electron chi connectivity index (χ1n) is 10.3. The molecule has 1 amide bonds. The van der Waals surface area contributed by atoms with E-state index in [4.69, 9.17) is 4.74 Å². The molecule has 8 heteroatoms. The minimum atomic E-state index is 0.214. The van der Waals surface area contributed by atoms with Crippen LogP contribution in [-0.4, -0.2) is 76.4 Å². The Morgan fingerprint density at radius 2 is 1.97 bits per heavy atom. The normalized spacial score (nSPS) is 20.7. The van der Waals surface area contributed by atoms with Gasteiger partial charge in [0.05, 0.1) is 19.8 Å². The molecule has 0 radical (unpaired) electrons. The van der Waals surface area contributed by atoms with Gasteiger partial charge in [0.25, 0.3) is 0 Å². The predicted molar refractivity (Wildman–Crippen MR) is 113 cm³/mol. The molecule has 0 unspecified atom stereocenters. The SMILES string of the molecule is Cn1c(SCc2ccccc2)nnc1[C@H]1CCCN(CC(=O)N2CCOCC2)C1. The Labute approximate surface area is 176 Å². The second-order valence-corrected chi connectivity index (χ2v) is 8.68. The van der Waals surface area contributed by atoms with E-state index in [0.29, 0.717) is 38.8 Å². The van der Waals surface area contributed by atoms with Crippen molar-refractivity contribution in [3.8, 4) is 0 Å². The fourth-order valence-electron chi connectivity index (χ4n) is 4.04. The second kappa shape index (κ2) is 9.73. The first-order valence-corrected chi connectivity index (χ1v) is 11.3. The first-order chi connectivity index (χ1) is 14.2. The quantitative estimate of drug-likeness (QED) is 0.674. The van der Waals surface area contributed by atoms with Crippen molar-refractivity contribution < 1.29 is 9.53 Å². The van der Waals surface area contributed by atoms with Crippen molar-refractivity contribution in [3.05, 3.63) is 41.7 Å². The standard InChI is InChI=1S/C21H29N5O2S/c1-24-20(22-23-21(24)29-16-17-6-3-2-4-7-17)18-8-5-9-25(14-18)15-19(27)26-10-12-28-13-11-26/h2-4,6-7,18H,5,8-16H2,1H3/t18-/m0/s1. The number of ether oxygens (including phenoxy) is 1. The lowest BCUT2D eigenvalue weighted by atomic mass is 9.97. The Balaban J connectivity index is 1.34. The zero-order chi connectivity index (χ0) is 20.1. The molecule has 0 bridgehead atoms. The molecule has 2 saturated heterocycles. The van der Waals surface area contributed by atoms with E-state index in [-0.39, 0.29) is 5.91 Å². The number of piperidine rings is 1. The molecule has 156 valence electrons. The third-order valence-electron chi connectivity index (χ3n) is 5.67. The highest BCUT2D eigenvalue weighted by molar-refractivity contribution is 7.98. The van der Waals surface area contributed by atoms with Crippen LogP contribution in [-0.2, 0) is 22.3 Å². The van der Waals surface area contributed by atoms with E-state index in [2.05, 4.69) is 51.0 Å². The van der Waals surface area contributed by atoms with Gasteiger partial charge in [-0.05, 0) is 24.9 Å². The maximum Gasteiger partial charge on any atom is 0.236 e. The van der Waals surface area contributed by atoms with E-state index < -0.39 is 0 Å². The Morgan fingerprint density at radius 1 is 1.17 bits per heavy atom. The van der Waals surface area contributed by atoms with Gasteiger partial charge in [0.2, 0.25) is 5.91 Å². The molecule has 2 aliphatic rings. The summed E-state index contributed by atoms with van der Waals surface area (Å²) in [7, 11) is 2.06. The van der Waals surface area contributed by atoms with E-state index in [1.807, 2.05) is 11.0 Å². The molecule has 1 aromatic carbocycles. The highest BCUT2D eigenvalue weighted by atomic mass is 32.2. The summed E-state index contributed by atoms with van der Waals surface area (Å²) in [6.07, 6.45) is 2.18. The van der Waals surface area contributed by atoms with Gasteiger partial charge in [-0.1, -0.05) is 42.1 Å². The maximum atomic E-state index is 12.6. The van der Waals surface area contributed by atoms with E-state index in [9.17, 15) is 4.79 Å². The van der Waals surface area contributed by atoms with Gasteiger partial charge in [-0.3, -0.25) is 9.69 Å². The Kier molecular flexibility index (Phi) is 6.84. The molecule has 4 rings (SSSR count). The maximum absolute atomic E-state index is 12.6. The fraction of sp³-hybridized carbons (Fsp3) is 0.571. The predicted octanol–water partition coefficient (Wildman–Crippen LogP) is 2.15. The van der Waals surface area contributed by atoms with E-state index in [0.717, 1.165) is 42.7 Å². The van der Waals surface area contributed by atoms with Gasteiger partial charge < -0.3 is 14.2 Å². The average molecular weight is 416 g/mol. The van der Waals surface area contributed by atoms with Crippen molar-refractivity contribution in [2.24, 2.45) is 7.05 Å². The van der Waals surface area contributed by atoms with Gasteiger partial charge in [-0.25, -0.2) is 0 Å². The molecule has 7 nitrogen and oxygen atoms in total. The number of morpholine rings is 1. The topological polar surface area (TPSA) is 63.5 Å². The average Bonchev–Trinajstić information content (AvgIpc) is 3.14. The van der Waals surface area contributed by atoms with Gasteiger partial charge >= 0.3 is 0 Å². The first kappa shape index (κ1) is 20.4. The molecule has 0 aliphatic carbocycles. The van der Waals surface area contributed by atoms with E-state index >= 15 is 0 Å². The summed E-state index contributed by atoms with van der Waals surface area (Å²) in [4.78, 5) is 16.8. The number of nitrogens with zero attached hydrogens (tertiary/aromatic N) is 5. The van der Waals surface area contributed by atoms with Gasteiger partial charge in [0, 0.05) is 38.4 Å². The van der Waals surface area contributed by atoms with Crippen LogP contribution in [0.2, 0.25) is 0 Å². The van der Waals surface area contributed by atoms with Crippen LogP contribution in [0.25, 0.3) is 0 Å². The Morgan fingerprint density at radius 3 is 2.76 bits per heavy atom. The summed E-state index contributed by atoms with van der Waals surface area (Å²) in [5.74, 6) is 2.46. The minimum Gasteiger partial charge on any atom is -0.378 e. The van der Waals surface area contributed by atoms with Crippen molar-refractivity contribution >= 4 is 17.7 Å². The second-order valence-electron chi connectivity index (χ2n) is 7.74. The zero-order valence-corrected chi connectivity index (χ0v) is 17.8. The molecule has 0 saturated carbocycles. The lowest BCUT2D eigenvalue weighted by molar-refractivity contribution is -0.136. The van der Waals surface area contributed by atoms with Gasteiger partial charge in [-0.2, -0.15) is 0 Å². The van der Waals surface area contributed by atoms with E-state index in [1.165, 1.54) is 5.56 Å². The largest absolute Gasteiger partial charge is 0.378 e. The molecule has 29 heavy (non-hydrogen) atoms. The van der Waals surface area contributed by atoms with Gasteiger partial charge in [-0.15, -0.1) is 10.2 Å². The molecule has 2 aliphatic heterocycles. The molecule has 3 heterocycles. The van der Waals surface area contributed by atoms with Crippen molar-refractivity contribution in [1.82, 2.24) is 24.6 Å². The van der Waals surface area contributed by atoms with Crippen molar-refractivity contribution in [2.75, 3.05) is 45.9 Å². The molecule has 2 fully saturated rings. The monoisotopic (exact) mass is 415 g/mol. The summed E-state index contributed by atoms with van der Waals surface area (Å²) in [6, 6.07) is 10.4. The summed E-state index contributed by atoms with van der Waals surface area (Å²) < 4.78 is 7.48. The minimum absolute atomic E-state index is 0.214. The lowest BCUT2D eigenvalue weighted by Crippen LogP contribution is -2.47. The van der Waals surface area contributed by atoms with Crippen LogP contribution in [0, 0.1) is 0 Å². The highest BCUT2D eigenvalue weighted by Gasteiger charge is 2.28. The van der Waals surface area contributed by atoms with Crippen LogP contribution in [0.4, 0.5) is 0 Å². The number of hydrogen-bond donors (Lipinski definition) is 0. The molecule has 0 N–H and O–H groups in total. The van der Waals surface area contributed by atoms with Crippen molar-refractivity contribution in [3.63, 3.8) is 0 Å². The third kappa shape index (κ3) is 5.18. The molecule has 1 aromatic heterocycles. The van der Waals surface area contributed by atoms with Gasteiger partial charge in [0.15, 0.2) is 5.16 Å². The Hall–Kier alpha value is -1.90. The van der Waals surface area contributed by atoms with Crippen LogP contribution in [0.1, 0.15) is 30.1 Å². The highest BCUT2D eigenvalue weighted by Crippen LogP contribution is 2.28. The summed E-state index contributed by atoms with van der Waals surface area (Å²) in [5.41, 5.74) is 1.28. The number of thioether (sulfide) groups is 1. The molecule has 1 atom stereocenters. The molecule has 2 aromatic rings. The Bertz CT molecular complexity index is 807. The number of likely N-dealkylation sites (tertiary alicyclic amines) is 1. The number of hydrogen-bond acceptors (Lipinski definition) is 6. The number of rotatable bonds is 6. The van der Waals surface area contributed by atoms with Crippen LogP contribution in [0.15, 0.2) is 35.5 Å². The summed E-state index contributed by atoms with van der Waals surface area (Å²) in [6.45, 7) is 5.05. The fourth-order valence-corrected chi connectivity index (χ4v) is 4.92. The number of benzene rings is 1. The van der Waals surface area contributed by atoms with Crippen LogP contribution < -0.4 is 0 Å². The molecular formula is C21H29N5O2S. The molecular weight excluding hydrogens is 386 g/mol. The number of amides is 1. The van der Waals surface area contributed by atoms with Crippen LogP contribution >= 0.6 is 11.8 Å². The van der Waals surface area contributed by atoms with Crippen molar-refractivity contribution in [2.45, 2.75) is 29.7 Å². The molecule has 0 spiro atoms. The van der Waals surface area contributed by atoms with Crippen LogP contribution in [0.3, 0.4) is 0 Å².